The van der Waals surface area contributed by atoms with E-state index in [1.54, 1.807) is 0 Å². The standard InChI is InChI=1S/C14H17N3O2/c18-14(16-9-11-8-15-5-6-19-11)13-7-10-3-1-2-4-12(10)17-13/h1-4,7,11,15,17H,5-6,8-9H2,(H,16,18). The molecule has 0 saturated carbocycles. The van der Waals surface area contributed by atoms with Crippen molar-refractivity contribution in [3.8, 4) is 0 Å². The van der Waals surface area contributed by atoms with Crippen LogP contribution in [0.3, 0.4) is 0 Å². The van der Waals surface area contributed by atoms with E-state index in [9.17, 15) is 4.79 Å². The molecule has 5 nitrogen and oxygen atoms in total. The first-order chi connectivity index (χ1) is 9.33. The molecular formula is C14H17N3O2. The molecule has 1 aliphatic rings. The molecule has 0 aliphatic carbocycles. The lowest BCUT2D eigenvalue weighted by atomic mass is 10.2. The first-order valence-electron chi connectivity index (χ1n) is 6.51. The maximum atomic E-state index is 12.0. The van der Waals surface area contributed by atoms with Crippen molar-refractivity contribution in [1.82, 2.24) is 15.6 Å². The SMILES string of the molecule is O=C(NCC1CNCCO1)c1cc2ccccc2[nH]1. The molecular weight excluding hydrogens is 242 g/mol. The Labute approximate surface area is 111 Å². The van der Waals surface area contributed by atoms with Crippen LogP contribution in [0.5, 0.6) is 0 Å². The van der Waals surface area contributed by atoms with Gasteiger partial charge in [0.05, 0.1) is 12.7 Å². The highest BCUT2D eigenvalue weighted by molar-refractivity contribution is 5.97. The quantitative estimate of drug-likeness (QED) is 0.767. The van der Waals surface area contributed by atoms with Crippen LogP contribution in [0.25, 0.3) is 10.9 Å². The summed E-state index contributed by atoms with van der Waals surface area (Å²) in [5.41, 5.74) is 1.56. The van der Waals surface area contributed by atoms with Gasteiger partial charge >= 0.3 is 0 Å². The van der Waals surface area contributed by atoms with Gasteiger partial charge in [-0.1, -0.05) is 18.2 Å². The number of para-hydroxylation sites is 1. The van der Waals surface area contributed by atoms with Gasteiger partial charge in [0, 0.05) is 30.5 Å². The first-order valence-corrected chi connectivity index (χ1v) is 6.51. The summed E-state index contributed by atoms with van der Waals surface area (Å²) in [4.78, 5) is 15.2. The molecule has 0 radical (unpaired) electrons. The van der Waals surface area contributed by atoms with Crippen molar-refractivity contribution in [3.05, 3.63) is 36.0 Å². The number of hydrogen-bond acceptors (Lipinski definition) is 3. The van der Waals surface area contributed by atoms with Crippen molar-refractivity contribution in [3.63, 3.8) is 0 Å². The van der Waals surface area contributed by atoms with E-state index in [4.69, 9.17) is 4.74 Å². The second-order valence-corrected chi connectivity index (χ2v) is 4.68. The normalized spacial score (nSPS) is 19.5. The van der Waals surface area contributed by atoms with Gasteiger partial charge in [0.25, 0.3) is 5.91 Å². The molecule has 100 valence electrons. The fourth-order valence-electron chi connectivity index (χ4n) is 2.25. The van der Waals surface area contributed by atoms with Crippen LogP contribution < -0.4 is 10.6 Å². The van der Waals surface area contributed by atoms with E-state index < -0.39 is 0 Å². The van der Waals surface area contributed by atoms with E-state index >= 15 is 0 Å². The lowest BCUT2D eigenvalue weighted by Gasteiger charge is -2.23. The number of aromatic amines is 1. The molecule has 1 aromatic heterocycles. The summed E-state index contributed by atoms with van der Waals surface area (Å²) in [5, 5.41) is 7.17. The van der Waals surface area contributed by atoms with Gasteiger partial charge < -0.3 is 20.4 Å². The van der Waals surface area contributed by atoms with Gasteiger partial charge in [-0.3, -0.25) is 4.79 Å². The Morgan fingerprint density at radius 1 is 1.42 bits per heavy atom. The Kier molecular flexibility index (Phi) is 3.48. The average molecular weight is 259 g/mol. The molecule has 3 N–H and O–H groups in total. The van der Waals surface area contributed by atoms with Crippen LogP contribution in [-0.2, 0) is 4.74 Å². The van der Waals surface area contributed by atoms with E-state index in [-0.39, 0.29) is 12.0 Å². The summed E-state index contributed by atoms with van der Waals surface area (Å²) >= 11 is 0. The van der Waals surface area contributed by atoms with Gasteiger partial charge in [0.15, 0.2) is 0 Å². The number of H-pyrrole nitrogens is 1. The summed E-state index contributed by atoms with van der Waals surface area (Å²) in [6.07, 6.45) is 0.0575. The smallest absolute Gasteiger partial charge is 0.267 e. The third-order valence-electron chi connectivity index (χ3n) is 3.27. The minimum absolute atomic E-state index is 0.0575. The minimum atomic E-state index is -0.0922. The van der Waals surface area contributed by atoms with Gasteiger partial charge in [-0.2, -0.15) is 0 Å². The zero-order chi connectivity index (χ0) is 13.1. The Hall–Kier alpha value is -1.85. The number of amides is 1. The number of hydrogen-bond donors (Lipinski definition) is 3. The summed E-state index contributed by atoms with van der Waals surface area (Å²) in [5.74, 6) is -0.0922. The highest BCUT2D eigenvalue weighted by atomic mass is 16.5. The van der Waals surface area contributed by atoms with Crippen LogP contribution in [-0.4, -0.2) is 43.2 Å². The Morgan fingerprint density at radius 2 is 2.32 bits per heavy atom. The zero-order valence-electron chi connectivity index (χ0n) is 10.6. The second kappa shape index (κ2) is 5.42. The van der Waals surface area contributed by atoms with E-state index in [2.05, 4.69) is 15.6 Å². The predicted octanol–water partition coefficient (Wildman–Crippen LogP) is 0.886. The Balaban J connectivity index is 1.63. The minimum Gasteiger partial charge on any atom is -0.374 e. The number of morpholine rings is 1. The van der Waals surface area contributed by atoms with Crippen LogP contribution >= 0.6 is 0 Å². The third kappa shape index (κ3) is 2.77. The summed E-state index contributed by atoms with van der Waals surface area (Å²) in [7, 11) is 0. The number of rotatable bonds is 3. The lowest BCUT2D eigenvalue weighted by Crippen LogP contribution is -2.45. The third-order valence-corrected chi connectivity index (χ3v) is 3.27. The number of carbonyl (C=O) groups is 1. The maximum absolute atomic E-state index is 12.0. The monoisotopic (exact) mass is 259 g/mol. The van der Waals surface area contributed by atoms with Gasteiger partial charge in [-0.15, -0.1) is 0 Å². The Morgan fingerprint density at radius 3 is 3.11 bits per heavy atom. The van der Waals surface area contributed by atoms with Gasteiger partial charge in [0.2, 0.25) is 0 Å². The highest BCUT2D eigenvalue weighted by Crippen LogP contribution is 2.14. The number of benzene rings is 1. The van der Waals surface area contributed by atoms with Gasteiger partial charge in [-0.25, -0.2) is 0 Å². The largest absolute Gasteiger partial charge is 0.374 e. The molecule has 2 aromatic rings. The van der Waals surface area contributed by atoms with E-state index in [1.165, 1.54) is 0 Å². The molecule has 2 heterocycles. The van der Waals surface area contributed by atoms with Crippen LogP contribution in [0, 0.1) is 0 Å². The Bertz CT molecular complexity index is 540. The van der Waals surface area contributed by atoms with Crippen molar-refractivity contribution >= 4 is 16.8 Å². The van der Waals surface area contributed by atoms with Crippen LogP contribution in [0.1, 0.15) is 10.5 Å². The maximum Gasteiger partial charge on any atom is 0.267 e. The number of aromatic nitrogens is 1. The fourth-order valence-corrected chi connectivity index (χ4v) is 2.25. The van der Waals surface area contributed by atoms with E-state index in [0.29, 0.717) is 18.8 Å². The number of carbonyl (C=O) groups excluding carboxylic acids is 1. The molecule has 0 spiro atoms. The number of nitrogens with one attached hydrogen (secondary N) is 3. The van der Waals surface area contributed by atoms with E-state index in [0.717, 1.165) is 24.0 Å². The molecule has 3 rings (SSSR count). The highest BCUT2D eigenvalue weighted by Gasteiger charge is 2.15. The topological polar surface area (TPSA) is 66.2 Å². The molecule has 1 unspecified atom stereocenters. The molecule has 1 atom stereocenters. The fraction of sp³-hybridized carbons (Fsp3) is 0.357. The van der Waals surface area contributed by atoms with E-state index in [1.807, 2.05) is 30.3 Å². The van der Waals surface area contributed by atoms with Crippen molar-refractivity contribution < 1.29 is 9.53 Å². The van der Waals surface area contributed by atoms with Crippen molar-refractivity contribution in [2.75, 3.05) is 26.2 Å². The summed E-state index contributed by atoms with van der Waals surface area (Å²) in [6, 6.07) is 9.71. The van der Waals surface area contributed by atoms with Crippen molar-refractivity contribution in [2.24, 2.45) is 0 Å². The van der Waals surface area contributed by atoms with Crippen molar-refractivity contribution in [2.45, 2.75) is 6.10 Å². The predicted molar refractivity (Wildman–Crippen MR) is 73.2 cm³/mol. The van der Waals surface area contributed by atoms with Crippen LogP contribution in [0.2, 0.25) is 0 Å². The van der Waals surface area contributed by atoms with Crippen LogP contribution in [0.4, 0.5) is 0 Å². The average Bonchev–Trinajstić information content (AvgIpc) is 2.90. The molecule has 1 aromatic carbocycles. The molecule has 19 heavy (non-hydrogen) atoms. The molecule has 5 heteroatoms. The van der Waals surface area contributed by atoms with Crippen LogP contribution in [0.15, 0.2) is 30.3 Å². The molecule has 1 aliphatic heterocycles. The summed E-state index contributed by atoms with van der Waals surface area (Å²) < 4.78 is 5.54. The van der Waals surface area contributed by atoms with Crippen molar-refractivity contribution in [1.29, 1.82) is 0 Å². The molecule has 1 amide bonds. The first kappa shape index (κ1) is 12.2. The zero-order valence-corrected chi connectivity index (χ0v) is 10.6. The summed E-state index contributed by atoms with van der Waals surface area (Å²) in [6.45, 7) is 2.90. The van der Waals surface area contributed by atoms with Gasteiger partial charge in [-0.05, 0) is 12.1 Å². The number of fused-ring (bicyclic) bond motifs is 1. The lowest BCUT2D eigenvalue weighted by molar-refractivity contribution is 0.0287. The second-order valence-electron chi connectivity index (χ2n) is 4.68. The molecule has 0 bridgehead atoms. The molecule has 1 fully saturated rings. The number of ether oxygens (including phenoxy) is 1. The molecule has 1 saturated heterocycles. The van der Waals surface area contributed by atoms with Gasteiger partial charge in [0.1, 0.15) is 5.69 Å².